The van der Waals surface area contributed by atoms with Crippen LogP contribution in [0.3, 0.4) is 0 Å². The maximum atomic E-state index is 10.7. The molecular formula is C20H31NO2. The third kappa shape index (κ3) is 4.07. The molecule has 0 aliphatic heterocycles. The summed E-state index contributed by atoms with van der Waals surface area (Å²) in [6.07, 6.45) is 9.07. The number of hydrogen-bond acceptors (Lipinski definition) is 3. The van der Waals surface area contributed by atoms with Gasteiger partial charge in [-0.1, -0.05) is 37.8 Å². The molecule has 2 saturated carbocycles. The number of anilines is 1. The van der Waals surface area contributed by atoms with Crippen molar-refractivity contribution in [2.75, 3.05) is 18.0 Å². The summed E-state index contributed by atoms with van der Waals surface area (Å²) in [5, 5.41) is 21.2. The molecule has 2 N–H and O–H groups in total. The maximum absolute atomic E-state index is 10.7. The number of benzene rings is 1. The minimum Gasteiger partial charge on any atom is -0.390 e. The molecule has 2 aliphatic carbocycles. The van der Waals surface area contributed by atoms with Gasteiger partial charge < -0.3 is 15.1 Å². The molecule has 3 rings (SSSR count). The SMILES string of the molecule is CCN(CC1(O)CCCC1)c1ccc(CC2(O)CCCC2)cc1. The molecule has 0 amide bonds. The molecule has 0 spiro atoms. The zero-order valence-corrected chi connectivity index (χ0v) is 14.4. The van der Waals surface area contributed by atoms with Crippen LogP contribution in [0.25, 0.3) is 0 Å². The summed E-state index contributed by atoms with van der Waals surface area (Å²) in [5.41, 5.74) is 1.40. The van der Waals surface area contributed by atoms with Gasteiger partial charge in [0.2, 0.25) is 0 Å². The van der Waals surface area contributed by atoms with Crippen molar-refractivity contribution in [1.29, 1.82) is 0 Å². The molecule has 3 heteroatoms. The number of hydrogen-bond donors (Lipinski definition) is 2. The fourth-order valence-corrected chi connectivity index (χ4v) is 4.35. The zero-order chi connectivity index (χ0) is 16.3. The van der Waals surface area contributed by atoms with E-state index in [0.717, 1.165) is 70.9 Å². The average Bonchev–Trinajstić information content (AvgIpc) is 3.15. The molecule has 1 aromatic rings. The van der Waals surface area contributed by atoms with Crippen molar-refractivity contribution in [2.24, 2.45) is 0 Å². The van der Waals surface area contributed by atoms with E-state index in [9.17, 15) is 10.2 Å². The molecule has 0 saturated heterocycles. The van der Waals surface area contributed by atoms with Crippen molar-refractivity contribution in [3.8, 4) is 0 Å². The van der Waals surface area contributed by atoms with Gasteiger partial charge in [0.25, 0.3) is 0 Å². The van der Waals surface area contributed by atoms with Gasteiger partial charge in [-0.3, -0.25) is 0 Å². The predicted octanol–water partition coefficient (Wildman–Crippen LogP) is 3.67. The third-order valence-corrected chi connectivity index (χ3v) is 5.77. The van der Waals surface area contributed by atoms with Gasteiger partial charge in [-0.2, -0.15) is 0 Å². The van der Waals surface area contributed by atoms with Crippen LogP contribution in [0.4, 0.5) is 5.69 Å². The van der Waals surface area contributed by atoms with Crippen molar-refractivity contribution in [2.45, 2.75) is 75.9 Å². The molecule has 128 valence electrons. The number of rotatable bonds is 6. The van der Waals surface area contributed by atoms with E-state index in [1.54, 1.807) is 0 Å². The molecule has 2 aliphatic rings. The van der Waals surface area contributed by atoms with Crippen LogP contribution in [0.2, 0.25) is 0 Å². The topological polar surface area (TPSA) is 43.7 Å². The largest absolute Gasteiger partial charge is 0.390 e. The first kappa shape index (κ1) is 16.8. The second-order valence-corrected chi connectivity index (χ2v) is 7.72. The molecule has 0 unspecified atom stereocenters. The lowest BCUT2D eigenvalue weighted by atomic mass is 9.93. The molecule has 3 nitrogen and oxygen atoms in total. The molecule has 23 heavy (non-hydrogen) atoms. The quantitative estimate of drug-likeness (QED) is 0.841. The third-order valence-electron chi connectivity index (χ3n) is 5.77. The Balaban J connectivity index is 1.65. The van der Waals surface area contributed by atoms with Crippen molar-refractivity contribution >= 4 is 5.69 Å². The van der Waals surface area contributed by atoms with Crippen LogP contribution in [-0.4, -0.2) is 34.5 Å². The zero-order valence-electron chi connectivity index (χ0n) is 14.4. The van der Waals surface area contributed by atoms with E-state index < -0.39 is 11.2 Å². The van der Waals surface area contributed by atoms with Crippen molar-refractivity contribution in [3.63, 3.8) is 0 Å². The first-order chi connectivity index (χ1) is 11.0. The molecule has 0 atom stereocenters. The van der Waals surface area contributed by atoms with Crippen LogP contribution in [0.1, 0.15) is 63.9 Å². The summed E-state index contributed by atoms with van der Waals surface area (Å²) in [6, 6.07) is 8.59. The van der Waals surface area contributed by atoms with Crippen LogP contribution >= 0.6 is 0 Å². The lowest BCUT2D eigenvalue weighted by Crippen LogP contribution is -2.41. The second kappa shape index (κ2) is 6.82. The summed E-state index contributed by atoms with van der Waals surface area (Å²) < 4.78 is 0. The lowest BCUT2D eigenvalue weighted by Gasteiger charge is -2.32. The van der Waals surface area contributed by atoms with Gasteiger partial charge in [0.15, 0.2) is 0 Å². The summed E-state index contributed by atoms with van der Waals surface area (Å²) in [5.74, 6) is 0. The molecule has 0 heterocycles. The standard InChI is InChI=1S/C20H31NO2/c1-2-21(16-20(23)13-5-6-14-20)18-9-7-17(8-10-18)15-19(22)11-3-4-12-19/h7-10,22-23H,2-6,11-16H2,1H3. The van der Waals surface area contributed by atoms with E-state index in [-0.39, 0.29) is 0 Å². The van der Waals surface area contributed by atoms with Crippen LogP contribution in [0.15, 0.2) is 24.3 Å². The molecule has 0 bridgehead atoms. The number of likely N-dealkylation sites (N-methyl/N-ethyl adjacent to an activating group) is 1. The fourth-order valence-electron chi connectivity index (χ4n) is 4.35. The average molecular weight is 317 g/mol. The van der Waals surface area contributed by atoms with Crippen molar-refractivity contribution < 1.29 is 10.2 Å². The normalized spacial score (nSPS) is 22.4. The highest BCUT2D eigenvalue weighted by Crippen LogP contribution is 2.34. The summed E-state index contributed by atoms with van der Waals surface area (Å²) in [4.78, 5) is 2.28. The minimum absolute atomic E-state index is 0.481. The van der Waals surface area contributed by atoms with Gasteiger partial charge in [-0.25, -0.2) is 0 Å². The Morgan fingerprint density at radius 2 is 1.39 bits per heavy atom. The van der Waals surface area contributed by atoms with Gasteiger partial charge in [-0.05, 0) is 50.3 Å². The van der Waals surface area contributed by atoms with E-state index in [4.69, 9.17) is 0 Å². The molecule has 2 fully saturated rings. The van der Waals surface area contributed by atoms with Crippen LogP contribution in [0.5, 0.6) is 0 Å². The Morgan fingerprint density at radius 3 is 1.91 bits per heavy atom. The Labute approximate surface area is 140 Å². The monoisotopic (exact) mass is 317 g/mol. The van der Waals surface area contributed by atoms with Gasteiger partial charge in [0.1, 0.15) is 0 Å². The van der Waals surface area contributed by atoms with Gasteiger partial charge in [0, 0.05) is 25.2 Å². The van der Waals surface area contributed by atoms with E-state index >= 15 is 0 Å². The second-order valence-electron chi connectivity index (χ2n) is 7.72. The predicted molar refractivity (Wildman–Crippen MR) is 94.9 cm³/mol. The van der Waals surface area contributed by atoms with Crippen LogP contribution < -0.4 is 4.90 Å². The van der Waals surface area contributed by atoms with Crippen LogP contribution in [0, 0.1) is 0 Å². The van der Waals surface area contributed by atoms with Gasteiger partial charge in [-0.15, -0.1) is 0 Å². The van der Waals surface area contributed by atoms with E-state index in [2.05, 4.69) is 36.1 Å². The van der Waals surface area contributed by atoms with Crippen molar-refractivity contribution in [1.82, 2.24) is 0 Å². The van der Waals surface area contributed by atoms with Gasteiger partial charge >= 0.3 is 0 Å². The van der Waals surface area contributed by atoms with Crippen LogP contribution in [-0.2, 0) is 6.42 Å². The Kier molecular flexibility index (Phi) is 4.98. The Hall–Kier alpha value is -1.06. The molecule has 0 aromatic heterocycles. The molecule has 1 aromatic carbocycles. The first-order valence-corrected chi connectivity index (χ1v) is 9.31. The minimum atomic E-state index is -0.506. The number of aliphatic hydroxyl groups is 2. The molecular weight excluding hydrogens is 286 g/mol. The highest BCUT2D eigenvalue weighted by atomic mass is 16.3. The van der Waals surface area contributed by atoms with E-state index in [0.29, 0.717) is 0 Å². The lowest BCUT2D eigenvalue weighted by molar-refractivity contribution is 0.0482. The summed E-state index contributed by atoms with van der Waals surface area (Å²) >= 11 is 0. The summed E-state index contributed by atoms with van der Waals surface area (Å²) in [6.45, 7) is 3.78. The van der Waals surface area contributed by atoms with Crippen molar-refractivity contribution in [3.05, 3.63) is 29.8 Å². The summed E-state index contributed by atoms with van der Waals surface area (Å²) in [7, 11) is 0. The Bertz CT molecular complexity index is 499. The fraction of sp³-hybridized carbons (Fsp3) is 0.700. The number of nitrogens with zero attached hydrogens (tertiary/aromatic N) is 1. The first-order valence-electron chi connectivity index (χ1n) is 9.31. The molecule has 0 radical (unpaired) electrons. The van der Waals surface area contributed by atoms with Gasteiger partial charge in [0.05, 0.1) is 11.2 Å². The smallest absolute Gasteiger partial charge is 0.0821 e. The van der Waals surface area contributed by atoms with E-state index in [1.165, 1.54) is 11.3 Å². The Morgan fingerprint density at radius 1 is 0.870 bits per heavy atom. The highest BCUT2D eigenvalue weighted by Gasteiger charge is 2.33. The van der Waals surface area contributed by atoms with E-state index in [1.807, 2.05) is 0 Å². The maximum Gasteiger partial charge on any atom is 0.0821 e. The highest BCUT2D eigenvalue weighted by molar-refractivity contribution is 5.48.